The number of rotatable bonds is 7. The van der Waals surface area contributed by atoms with Gasteiger partial charge in [-0.3, -0.25) is 4.79 Å². The first-order valence-corrected chi connectivity index (χ1v) is 10.5. The van der Waals surface area contributed by atoms with Gasteiger partial charge in [0.1, 0.15) is 0 Å². The van der Waals surface area contributed by atoms with Crippen LogP contribution in [0.2, 0.25) is 0 Å². The minimum Gasteiger partial charge on any atom is -0.366 e. The highest BCUT2D eigenvalue weighted by Crippen LogP contribution is 2.25. The predicted molar refractivity (Wildman–Crippen MR) is 120 cm³/mol. The summed E-state index contributed by atoms with van der Waals surface area (Å²) in [4.78, 5) is 23.4. The minimum absolute atomic E-state index is 0.410. The maximum absolute atomic E-state index is 12.0. The van der Waals surface area contributed by atoms with Crippen LogP contribution in [0.15, 0.2) is 60.9 Å². The van der Waals surface area contributed by atoms with Crippen molar-refractivity contribution in [2.24, 2.45) is 5.73 Å². The Hall–Kier alpha value is -3.25. The molecule has 1 saturated heterocycles. The Morgan fingerprint density at radius 1 is 0.933 bits per heavy atom. The summed E-state index contributed by atoms with van der Waals surface area (Å²) >= 11 is 0. The second-order valence-electron chi connectivity index (χ2n) is 7.63. The third-order valence-electron chi connectivity index (χ3n) is 5.57. The van der Waals surface area contributed by atoms with Gasteiger partial charge in [0, 0.05) is 35.8 Å². The second kappa shape index (κ2) is 9.50. The Labute approximate surface area is 177 Å². The fourth-order valence-corrected chi connectivity index (χ4v) is 3.95. The van der Waals surface area contributed by atoms with Crippen molar-refractivity contribution in [3.05, 3.63) is 72.1 Å². The standard InChI is InChI=1S/C24H27N5O/c25-23(30)21-10-7-11-22(20(21)12-15-29-13-5-2-6-14-29)28-24-26-16-19(17-27-24)18-8-3-1-4-9-18/h1,3-4,7-11,16-17H,2,5-6,12-15H2,(H2,25,30)(H,26,27,28). The van der Waals surface area contributed by atoms with Crippen LogP contribution < -0.4 is 11.1 Å². The Bertz CT molecular complexity index is 982. The summed E-state index contributed by atoms with van der Waals surface area (Å²) in [7, 11) is 0. The maximum atomic E-state index is 12.0. The Morgan fingerprint density at radius 2 is 1.67 bits per heavy atom. The molecule has 6 heteroatoms. The summed E-state index contributed by atoms with van der Waals surface area (Å²) in [6, 6.07) is 15.6. The summed E-state index contributed by atoms with van der Waals surface area (Å²) in [5.74, 6) is 0.0863. The number of amides is 1. The lowest BCUT2D eigenvalue weighted by Crippen LogP contribution is -2.32. The monoisotopic (exact) mass is 401 g/mol. The molecule has 6 nitrogen and oxygen atoms in total. The molecule has 154 valence electrons. The molecule has 0 unspecified atom stereocenters. The van der Waals surface area contributed by atoms with Gasteiger partial charge >= 0.3 is 0 Å². The van der Waals surface area contributed by atoms with E-state index in [1.54, 1.807) is 18.5 Å². The normalized spacial score (nSPS) is 14.4. The number of nitrogens with one attached hydrogen (secondary N) is 1. The fourth-order valence-electron chi connectivity index (χ4n) is 3.95. The molecule has 0 spiro atoms. The van der Waals surface area contributed by atoms with E-state index in [1.807, 2.05) is 42.5 Å². The van der Waals surface area contributed by atoms with Crippen molar-refractivity contribution in [3.8, 4) is 11.1 Å². The van der Waals surface area contributed by atoms with Gasteiger partial charge in [0.05, 0.1) is 0 Å². The van der Waals surface area contributed by atoms with Crippen molar-refractivity contribution in [1.82, 2.24) is 14.9 Å². The number of carbonyl (C=O) groups excluding carboxylic acids is 1. The van der Waals surface area contributed by atoms with Gasteiger partial charge < -0.3 is 16.0 Å². The SMILES string of the molecule is NC(=O)c1cccc(Nc2ncc(-c3ccccc3)cn2)c1CCN1CCCCC1. The topological polar surface area (TPSA) is 84.1 Å². The molecule has 1 aromatic heterocycles. The molecule has 0 aliphatic carbocycles. The number of benzene rings is 2. The van der Waals surface area contributed by atoms with Gasteiger partial charge in [-0.05, 0) is 55.6 Å². The number of aromatic nitrogens is 2. The fraction of sp³-hybridized carbons (Fsp3) is 0.292. The van der Waals surface area contributed by atoms with Crippen molar-refractivity contribution in [2.45, 2.75) is 25.7 Å². The molecule has 3 aromatic rings. The van der Waals surface area contributed by atoms with Crippen LogP contribution >= 0.6 is 0 Å². The zero-order chi connectivity index (χ0) is 20.8. The molecule has 4 rings (SSSR count). The zero-order valence-electron chi connectivity index (χ0n) is 17.1. The summed E-state index contributed by atoms with van der Waals surface area (Å²) in [5, 5.41) is 3.29. The van der Waals surface area contributed by atoms with Crippen molar-refractivity contribution in [1.29, 1.82) is 0 Å². The Balaban J connectivity index is 1.54. The number of nitrogens with two attached hydrogens (primary N) is 1. The molecule has 0 saturated carbocycles. The van der Waals surface area contributed by atoms with Gasteiger partial charge in [-0.25, -0.2) is 9.97 Å². The molecule has 1 fully saturated rings. The number of primary amides is 1. The van der Waals surface area contributed by atoms with E-state index in [0.717, 1.165) is 48.4 Å². The van der Waals surface area contributed by atoms with Crippen molar-refractivity contribution in [3.63, 3.8) is 0 Å². The van der Waals surface area contributed by atoms with Crippen LogP contribution in [-0.2, 0) is 6.42 Å². The highest BCUT2D eigenvalue weighted by molar-refractivity contribution is 5.96. The van der Waals surface area contributed by atoms with Gasteiger partial charge in [0.2, 0.25) is 11.9 Å². The van der Waals surface area contributed by atoms with Crippen LogP contribution in [0.1, 0.15) is 35.2 Å². The van der Waals surface area contributed by atoms with E-state index < -0.39 is 5.91 Å². The molecular weight excluding hydrogens is 374 g/mol. The summed E-state index contributed by atoms with van der Waals surface area (Å²) in [6.07, 6.45) is 8.14. The summed E-state index contributed by atoms with van der Waals surface area (Å²) in [5.41, 5.74) is 9.99. The highest BCUT2D eigenvalue weighted by Gasteiger charge is 2.16. The molecule has 0 bridgehead atoms. The Kier molecular flexibility index (Phi) is 6.35. The zero-order valence-corrected chi connectivity index (χ0v) is 17.1. The van der Waals surface area contributed by atoms with E-state index in [4.69, 9.17) is 5.73 Å². The van der Waals surface area contributed by atoms with Gasteiger partial charge in [-0.15, -0.1) is 0 Å². The van der Waals surface area contributed by atoms with Crippen molar-refractivity contribution in [2.75, 3.05) is 25.0 Å². The van der Waals surface area contributed by atoms with Crippen molar-refractivity contribution >= 4 is 17.5 Å². The highest BCUT2D eigenvalue weighted by atomic mass is 16.1. The van der Waals surface area contributed by atoms with Crippen LogP contribution in [0, 0.1) is 0 Å². The van der Waals surface area contributed by atoms with E-state index in [0.29, 0.717) is 11.5 Å². The van der Waals surface area contributed by atoms with E-state index >= 15 is 0 Å². The molecule has 1 aliphatic rings. The summed E-state index contributed by atoms with van der Waals surface area (Å²) < 4.78 is 0. The predicted octanol–water partition coefficient (Wildman–Crippen LogP) is 4.01. The first-order chi connectivity index (χ1) is 14.7. The molecular formula is C24H27N5O. The third kappa shape index (κ3) is 4.83. The van der Waals surface area contributed by atoms with E-state index in [-0.39, 0.29) is 0 Å². The first-order valence-electron chi connectivity index (χ1n) is 10.5. The molecule has 2 heterocycles. The van der Waals surface area contributed by atoms with E-state index in [2.05, 4.69) is 20.2 Å². The lowest BCUT2D eigenvalue weighted by Gasteiger charge is -2.27. The number of carbonyl (C=O) groups is 1. The smallest absolute Gasteiger partial charge is 0.249 e. The van der Waals surface area contributed by atoms with Gasteiger partial charge in [0.15, 0.2) is 0 Å². The van der Waals surface area contributed by atoms with Crippen molar-refractivity contribution < 1.29 is 4.79 Å². The quantitative estimate of drug-likeness (QED) is 0.625. The van der Waals surface area contributed by atoms with Gasteiger partial charge in [-0.1, -0.05) is 42.8 Å². The lowest BCUT2D eigenvalue weighted by atomic mass is 10.0. The molecule has 1 aliphatic heterocycles. The number of piperidine rings is 1. The maximum Gasteiger partial charge on any atom is 0.249 e. The van der Waals surface area contributed by atoms with Gasteiger partial charge in [0.25, 0.3) is 0 Å². The average Bonchev–Trinajstić information content (AvgIpc) is 2.80. The molecule has 30 heavy (non-hydrogen) atoms. The molecule has 2 aromatic carbocycles. The number of hydrogen-bond donors (Lipinski definition) is 2. The van der Waals surface area contributed by atoms with Crippen LogP contribution in [0.3, 0.4) is 0 Å². The van der Waals surface area contributed by atoms with Crippen LogP contribution in [-0.4, -0.2) is 40.4 Å². The lowest BCUT2D eigenvalue weighted by molar-refractivity contribution is 0.0999. The Morgan fingerprint density at radius 3 is 2.37 bits per heavy atom. The van der Waals surface area contributed by atoms with E-state index in [9.17, 15) is 4.79 Å². The molecule has 3 N–H and O–H groups in total. The summed E-state index contributed by atoms with van der Waals surface area (Å²) in [6.45, 7) is 3.14. The van der Waals surface area contributed by atoms with Crippen LogP contribution in [0.4, 0.5) is 11.6 Å². The largest absolute Gasteiger partial charge is 0.366 e. The number of hydrogen-bond acceptors (Lipinski definition) is 5. The van der Waals surface area contributed by atoms with Gasteiger partial charge in [-0.2, -0.15) is 0 Å². The number of likely N-dealkylation sites (tertiary alicyclic amines) is 1. The number of nitrogens with zero attached hydrogens (tertiary/aromatic N) is 3. The molecule has 0 atom stereocenters. The van der Waals surface area contributed by atoms with Crippen LogP contribution in [0.25, 0.3) is 11.1 Å². The average molecular weight is 402 g/mol. The molecule has 1 amide bonds. The first kappa shape index (κ1) is 20.0. The number of anilines is 2. The second-order valence-corrected chi connectivity index (χ2v) is 7.63. The van der Waals surface area contributed by atoms with Crippen LogP contribution in [0.5, 0.6) is 0 Å². The molecule has 0 radical (unpaired) electrons. The van der Waals surface area contributed by atoms with E-state index in [1.165, 1.54) is 19.3 Å². The minimum atomic E-state index is -0.410. The third-order valence-corrected chi connectivity index (χ3v) is 5.57.